The van der Waals surface area contributed by atoms with Gasteiger partial charge in [-0.3, -0.25) is 0 Å². The molecule has 0 spiro atoms. The zero-order valence-corrected chi connectivity index (χ0v) is 11.1. The second-order valence-corrected chi connectivity index (χ2v) is 4.70. The fourth-order valence-electron chi connectivity index (χ4n) is 2.36. The first-order chi connectivity index (χ1) is 10.8. The molecule has 3 rings (SSSR count). The minimum Gasteiger partial charge on any atom is -0.478 e. The number of fused-ring (bicyclic) bond motifs is 3. The highest BCUT2D eigenvalue weighted by molar-refractivity contribution is 6.16. The standard InChI is InChI=1S/C14H7FN2O6/c15-6-1-4-2-7(13(20)21)16-10(4)9-5(12(18)19)3-8(14(22)23)17-11(6)9/h1-3,16H,(H,18,19)(H,20,21)(H,22,23). The molecule has 0 fully saturated rings. The molecule has 2 aromatic heterocycles. The molecule has 23 heavy (non-hydrogen) atoms. The van der Waals surface area contributed by atoms with Crippen molar-refractivity contribution >= 4 is 39.7 Å². The second kappa shape index (κ2) is 4.77. The number of carboxylic acid groups (broad SMARTS) is 3. The van der Waals surface area contributed by atoms with Crippen molar-refractivity contribution in [2.24, 2.45) is 0 Å². The Kier molecular flexibility index (Phi) is 2.99. The van der Waals surface area contributed by atoms with Crippen molar-refractivity contribution in [3.05, 3.63) is 41.0 Å². The van der Waals surface area contributed by atoms with E-state index in [1.54, 1.807) is 0 Å². The number of aromatic amines is 1. The van der Waals surface area contributed by atoms with Gasteiger partial charge in [0.25, 0.3) is 0 Å². The zero-order valence-electron chi connectivity index (χ0n) is 11.1. The number of halogens is 1. The summed E-state index contributed by atoms with van der Waals surface area (Å²) in [4.78, 5) is 39.6. The molecule has 116 valence electrons. The quantitative estimate of drug-likeness (QED) is 0.578. The molecule has 9 heteroatoms. The summed E-state index contributed by atoms with van der Waals surface area (Å²) >= 11 is 0. The average molecular weight is 318 g/mol. The highest BCUT2D eigenvalue weighted by atomic mass is 19.1. The minimum absolute atomic E-state index is 0.0561. The van der Waals surface area contributed by atoms with Crippen LogP contribution < -0.4 is 0 Å². The van der Waals surface area contributed by atoms with E-state index in [0.29, 0.717) is 0 Å². The second-order valence-electron chi connectivity index (χ2n) is 4.70. The van der Waals surface area contributed by atoms with E-state index in [4.69, 9.17) is 10.2 Å². The van der Waals surface area contributed by atoms with E-state index in [1.165, 1.54) is 0 Å². The van der Waals surface area contributed by atoms with E-state index in [0.717, 1.165) is 18.2 Å². The third kappa shape index (κ3) is 2.14. The van der Waals surface area contributed by atoms with Gasteiger partial charge in [0.15, 0.2) is 0 Å². The van der Waals surface area contributed by atoms with Crippen molar-refractivity contribution in [1.82, 2.24) is 9.97 Å². The highest BCUT2D eigenvalue weighted by Gasteiger charge is 2.22. The van der Waals surface area contributed by atoms with Crippen molar-refractivity contribution in [3.63, 3.8) is 0 Å². The number of aromatic nitrogens is 2. The smallest absolute Gasteiger partial charge is 0.354 e. The number of hydrogen-bond donors (Lipinski definition) is 4. The van der Waals surface area contributed by atoms with Gasteiger partial charge in [0.2, 0.25) is 0 Å². The SMILES string of the molecule is O=C(O)c1cc(C(=O)O)c2c(n1)c(F)cc1cc(C(=O)O)[nH]c12. The van der Waals surface area contributed by atoms with Gasteiger partial charge in [-0.25, -0.2) is 23.8 Å². The third-order valence-corrected chi connectivity index (χ3v) is 3.31. The Hall–Kier alpha value is -3.49. The predicted molar refractivity (Wildman–Crippen MR) is 74.4 cm³/mol. The van der Waals surface area contributed by atoms with Crippen LogP contribution in [0.1, 0.15) is 31.3 Å². The Balaban J connectivity index is 2.55. The van der Waals surface area contributed by atoms with Crippen molar-refractivity contribution in [1.29, 1.82) is 0 Å². The van der Waals surface area contributed by atoms with E-state index in [9.17, 15) is 23.9 Å². The summed E-state index contributed by atoms with van der Waals surface area (Å²) < 4.78 is 14.2. The van der Waals surface area contributed by atoms with Gasteiger partial charge in [0.05, 0.1) is 11.1 Å². The summed E-state index contributed by atoms with van der Waals surface area (Å²) in [6.45, 7) is 0. The van der Waals surface area contributed by atoms with Gasteiger partial charge >= 0.3 is 17.9 Å². The van der Waals surface area contributed by atoms with Gasteiger partial charge in [-0.15, -0.1) is 0 Å². The van der Waals surface area contributed by atoms with Crippen LogP contribution in [0.25, 0.3) is 21.8 Å². The van der Waals surface area contributed by atoms with Crippen LogP contribution in [-0.4, -0.2) is 43.2 Å². The number of benzene rings is 1. The summed E-state index contributed by atoms with van der Waals surface area (Å²) in [6.07, 6.45) is 0. The first kappa shape index (κ1) is 14.4. The maximum absolute atomic E-state index is 14.2. The summed E-state index contributed by atoms with van der Waals surface area (Å²) in [7, 11) is 0. The summed E-state index contributed by atoms with van der Waals surface area (Å²) in [6, 6.07) is 2.91. The normalized spacial score (nSPS) is 11.0. The minimum atomic E-state index is -1.51. The van der Waals surface area contributed by atoms with Crippen LogP contribution in [-0.2, 0) is 0 Å². The van der Waals surface area contributed by atoms with Crippen LogP contribution in [0.15, 0.2) is 18.2 Å². The van der Waals surface area contributed by atoms with E-state index in [-0.39, 0.29) is 22.0 Å². The first-order valence-electron chi connectivity index (χ1n) is 6.15. The molecule has 0 aliphatic carbocycles. The lowest BCUT2D eigenvalue weighted by Crippen LogP contribution is -2.07. The fourth-order valence-corrected chi connectivity index (χ4v) is 2.36. The van der Waals surface area contributed by atoms with Crippen LogP contribution in [0, 0.1) is 5.82 Å². The molecule has 0 unspecified atom stereocenters. The van der Waals surface area contributed by atoms with E-state index in [1.807, 2.05) is 0 Å². The Morgan fingerprint density at radius 2 is 1.70 bits per heavy atom. The molecule has 0 radical (unpaired) electrons. The van der Waals surface area contributed by atoms with Crippen molar-refractivity contribution in [2.45, 2.75) is 0 Å². The lowest BCUT2D eigenvalue weighted by molar-refractivity contribution is 0.0678. The highest BCUT2D eigenvalue weighted by Crippen LogP contribution is 2.30. The number of pyridine rings is 1. The number of rotatable bonds is 3. The molecule has 0 atom stereocenters. The number of H-pyrrole nitrogens is 1. The van der Waals surface area contributed by atoms with Gasteiger partial charge < -0.3 is 20.3 Å². The van der Waals surface area contributed by atoms with Gasteiger partial charge in [-0.05, 0) is 18.2 Å². The lowest BCUT2D eigenvalue weighted by Gasteiger charge is -2.07. The zero-order chi connectivity index (χ0) is 16.9. The molecule has 4 N–H and O–H groups in total. The Morgan fingerprint density at radius 1 is 1.00 bits per heavy atom. The van der Waals surface area contributed by atoms with Crippen molar-refractivity contribution in [3.8, 4) is 0 Å². The van der Waals surface area contributed by atoms with Crippen LogP contribution >= 0.6 is 0 Å². The van der Waals surface area contributed by atoms with E-state index >= 15 is 0 Å². The Bertz CT molecular complexity index is 1020. The number of nitrogens with zero attached hydrogens (tertiary/aromatic N) is 1. The van der Waals surface area contributed by atoms with Crippen LogP contribution in [0.5, 0.6) is 0 Å². The van der Waals surface area contributed by atoms with Crippen molar-refractivity contribution in [2.75, 3.05) is 0 Å². The number of carbonyl (C=O) groups is 3. The molecular weight excluding hydrogens is 311 g/mol. The first-order valence-corrected chi connectivity index (χ1v) is 6.15. The summed E-state index contributed by atoms with van der Waals surface area (Å²) in [5.41, 5.74) is -1.78. The number of nitrogens with one attached hydrogen (secondary N) is 1. The monoisotopic (exact) mass is 318 g/mol. The van der Waals surface area contributed by atoms with E-state index in [2.05, 4.69) is 9.97 Å². The topological polar surface area (TPSA) is 141 Å². The molecule has 8 nitrogen and oxygen atoms in total. The van der Waals surface area contributed by atoms with Crippen LogP contribution in [0.2, 0.25) is 0 Å². The number of hydrogen-bond acceptors (Lipinski definition) is 4. The maximum Gasteiger partial charge on any atom is 0.354 e. The molecule has 0 aliphatic heterocycles. The molecule has 3 aromatic rings. The lowest BCUT2D eigenvalue weighted by atomic mass is 10.0. The molecule has 0 amide bonds. The average Bonchev–Trinajstić information content (AvgIpc) is 2.90. The van der Waals surface area contributed by atoms with Crippen molar-refractivity contribution < 1.29 is 34.1 Å². The summed E-state index contributed by atoms with van der Waals surface area (Å²) in [5.74, 6) is -5.25. The fraction of sp³-hybridized carbons (Fsp3) is 0. The molecular formula is C14H7FN2O6. The van der Waals surface area contributed by atoms with Gasteiger partial charge in [0, 0.05) is 10.8 Å². The third-order valence-electron chi connectivity index (χ3n) is 3.31. The van der Waals surface area contributed by atoms with Crippen LogP contribution in [0.3, 0.4) is 0 Å². The Labute approximate surface area is 125 Å². The number of carboxylic acids is 3. The molecule has 1 aromatic carbocycles. The number of aromatic carboxylic acids is 3. The molecule has 2 heterocycles. The molecule has 0 saturated heterocycles. The van der Waals surface area contributed by atoms with Gasteiger partial charge in [-0.2, -0.15) is 0 Å². The summed E-state index contributed by atoms with van der Waals surface area (Å²) in [5, 5.41) is 27.2. The van der Waals surface area contributed by atoms with Gasteiger partial charge in [0.1, 0.15) is 22.7 Å². The Morgan fingerprint density at radius 3 is 2.26 bits per heavy atom. The van der Waals surface area contributed by atoms with E-state index < -0.39 is 40.5 Å². The molecule has 0 saturated carbocycles. The largest absolute Gasteiger partial charge is 0.478 e. The van der Waals surface area contributed by atoms with Gasteiger partial charge in [-0.1, -0.05) is 0 Å². The predicted octanol–water partition coefficient (Wildman–Crippen LogP) is 1.95. The maximum atomic E-state index is 14.2. The molecule has 0 aliphatic rings. The van der Waals surface area contributed by atoms with Crippen LogP contribution in [0.4, 0.5) is 4.39 Å². The molecule has 0 bridgehead atoms.